The normalized spacial score (nSPS) is 10.1. The molecule has 5 heteroatoms. The van der Waals surface area contributed by atoms with E-state index >= 15 is 0 Å². The Labute approximate surface area is 119 Å². The van der Waals surface area contributed by atoms with Crippen LogP contribution in [0.1, 0.15) is 36.5 Å². The van der Waals surface area contributed by atoms with Crippen molar-refractivity contribution in [3.63, 3.8) is 0 Å². The quantitative estimate of drug-likeness (QED) is 0.742. The molecule has 0 radical (unpaired) electrons. The topological polar surface area (TPSA) is 66.8 Å². The molecule has 5 nitrogen and oxygen atoms in total. The van der Waals surface area contributed by atoms with E-state index in [0.717, 1.165) is 19.4 Å². The van der Waals surface area contributed by atoms with Crippen molar-refractivity contribution in [3.05, 3.63) is 29.8 Å². The number of hydrogen-bond donors (Lipinski definition) is 1. The highest BCUT2D eigenvalue weighted by atomic mass is 16.5. The number of benzene rings is 1. The van der Waals surface area contributed by atoms with Gasteiger partial charge >= 0.3 is 5.97 Å². The van der Waals surface area contributed by atoms with Gasteiger partial charge in [0.1, 0.15) is 5.75 Å². The number of carbonyl (C=O) groups excluding carboxylic acids is 1. The monoisotopic (exact) mass is 279 g/mol. The Morgan fingerprint density at radius 3 is 2.40 bits per heavy atom. The number of amides is 1. The highest BCUT2D eigenvalue weighted by Crippen LogP contribution is 2.12. The van der Waals surface area contributed by atoms with E-state index in [4.69, 9.17) is 9.84 Å². The van der Waals surface area contributed by atoms with Crippen molar-refractivity contribution >= 4 is 11.9 Å². The lowest BCUT2D eigenvalue weighted by atomic mass is 10.2. The molecular formula is C15H21NO4. The smallest absolute Gasteiger partial charge is 0.335 e. The lowest BCUT2D eigenvalue weighted by molar-refractivity contribution is -0.129. The molecule has 0 spiro atoms. The van der Waals surface area contributed by atoms with Crippen LogP contribution < -0.4 is 4.74 Å². The third-order valence-electron chi connectivity index (χ3n) is 2.99. The maximum atomic E-state index is 11.3. The Hall–Kier alpha value is -2.04. The Bertz CT molecular complexity index is 442. The maximum absolute atomic E-state index is 11.3. The van der Waals surface area contributed by atoms with Gasteiger partial charge in [-0.1, -0.05) is 6.92 Å². The fourth-order valence-electron chi connectivity index (χ4n) is 1.73. The van der Waals surface area contributed by atoms with Crippen LogP contribution in [0.15, 0.2) is 24.3 Å². The maximum Gasteiger partial charge on any atom is 0.335 e. The van der Waals surface area contributed by atoms with Gasteiger partial charge < -0.3 is 14.7 Å². The van der Waals surface area contributed by atoms with Crippen molar-refractivity contribution in [1.82, 2.24) is 4.90 Å². The van der Waals surface area contributed by atoms with Crippen molar-refractivity contribution < 1.29 is 19.4 Å². The molecular weight excluding hydrogens is 258 g/mol. The molecule has 0 fully saturated rings. The summed E-state index contributed by atoms with van der Waals surface area (Å²) in [7, 11) is 1.80. The summed E-state index contributed by atoms with van der Waals surface area (Å²) in [4.78, 5) is 23.7. The van der Waals surface area contributed by atoms with Crippen molar-refractivity contribution in [2.45, 2.75) is 26.2 Å². The van der Waals surface area contributed by atoms with Gasteiger partial charge in [0.05, 0.1) is 12.2 Å². The fourth-order valence-corrected chi connectivity index (χ4v) is 1.73. The zero-order valence-electron chi connectivity index (χ0n) is 12.0. The van der Waals surface area contributed by atoms with Crippen molar-refractivity contribution in [2.24, 2.45) is 0 Å². The van der Waals surface area contributed by atoms with E-state index in [1.165, 1.54) is 12.1 Å². The standard InChI is InChI=1S/C15H21NO4/c1-3-14(17)16(2)10-4-5-11-20-13-8-6-12(7-9-13)15(18)19/h6-9H,3-5,10-11H2,1-2H3,(H,18,19). The SMILES string of the molecule is CCC(=O)N(C)CCCCOc1ccc(C(=O)O)cc1. The lowest BCUT2D eigenvalue weighted by Crippen LogP contribution is -2.26. The largest absolute Gasteiger partial charge is 0.494 e. The summed E-state index contributed by atoms with van der Waals surface area (Å²) in [5.74, 6) is -0.136. The van der Waals surface area contributed by atoms with Crippen LogP contribution >= 0.6 is 0 Å². The van der Waals surface area contributed by atoms with E-state index in [-0.39, 0.29) is 11.5 Å². The summed E-state index contributed by atoms with van der Waals surface area (Å²) in [6, 6.07) is 6.34. The van der Waals surface area contributed by atoms with Crippen LogP contribution in [0.2, 0.25) is 0 Å². The highest BCUT2D eigenvalue weighted by molar-refractivity contribution is 5.87. The molecule has 0 saturated carbocycles. The summed E-state index contributed by atoms with van der Waals surface area (Å²) in [6.45, 7) is 3.14. The number of nitrogens with zero attached hydrogens (tertiary/aromatic N) is 1. The second-order valence-corrected chi connectivity index (χ2v) is 4.55. The van der Waals surface area contributed by atoms with E-state index in [1.54, 1.807) is 24.1 Å². The fraction of sp³-hybridized carbons (Fsp3) is 0.467. The number of aromatic carboxylic acids is 1. The number of carboxylic acids is 1. The third-order valence-corrected chi connectivity index (χ3v) is 2.99. The zero-order chi connectivity index (χ0) is 15.0. The number of unbranched alkanes of at least 4 members (excludes halogenated alkanes) is 1. The van der Waals surface area contributed by atoms with Gasteiger partial charge in [-0.25, -0.2) is 4.79 Å². The molecule has 1 rings (SSSR count). The van der Waals surface area contributed by atoms with Crippen LogP contribution in [-0.4, -0.2) is 42.1 Å². The first kappa shape index (κ1) is 16.0. The average Bonchev–Trinajstić information content (AvgIpc) is 2.46. The Balaban J connectivity index is 2.21. The molecule has 0 aliphatic heterocycles. The van der Waals surface area contributed by atoms with Crippen LogP contribution in [0.3, 0.4) is 0 Å². The molecule has 0 bridgehead atoms. The number of ether oxygens (including phenoxy) is 1. The summed E-state index contributed by atoms with van der Waals surface area (Å²) < 4.78 is 5.51. The van der Waals surface area contributed by atoms with Gasteiger partial charge in [0, 0.05) is 20.0 Å². The molecule has 0 atom stereocenters. The molecule has 0 aliphatic carbocycles. The molecule has 20 heavy (non-hydrogen) atoms. The Morgan fingerprint density at radius 1 is 1.20 bits per heavy atom. The predicted octanol–water partition coefficient (Wildman–Crippen LogP) is 2.41. The van der Waals surface area contributed by atoms with E-state index in [9.17, 15) is 9.59 Å². The summed E-state index contributed by atoms with van der Waals surface area (Å²) >= 11 is 0. The minimum absolute atomic E-state index is 0.148. The van der Waals surface area contributed by atoms with Gasteiger partial charge in [0.15, 0.2) is 0 Å². The second kappa shape index (κ2) is 8.19. The van der Waals surface area contributed by atoms with Gasteiger partial charge in [0.25, 0.3) is 0 Å². The van der Waals surface area contributed by atoms with E-state index in [0.29, 0.717) is 18.8 Å². The second-order valence-electron chi connectivity index (χ2n) is 4.55. The molecule has 1 N–H and O–H groups in total. The lowest BCUT2D eigenvalue weighted by Gasteiger charge is -2.16. The molecule has 0 heterocycles. The Morgan fingerprint density at radius 2 is 1.85 bits per heavy atom. The molecule has 1 aromatic rings. The molecule has 1 amide bonds. The van der Waals surface area contributed by atoms with Crippen molar-refractivity contribution in [3.8, 4) is 5.75 Å². The third kappa shape index (κ3) is 5.30. The molecule has 0 aliphatic rings. The van der Waals surface area contributed by atoms with Gasteiger partial charge in [-0.2, -0.15) is 0 Å². The summed E-state index contributed by atoms with van der Waals surface area (Å²) in [5.41, 5.74) is 0.247. The first-order valence-electron chi connectivity index (χ1n) is 6.74. The first-order chi connectivity index (χ1) is 9.54. The van der Waals surface area contributed by atoms with E-state index < -0.39 is 5.97 Å². The van der Waals surface area contributed by atoms with E-state index in [1.807, 2.05) is 6.92 Å². The number of carbonyl (C=O) groups is 2. The van der Waals surface area contributed by atoms with Crippen molar-refractivity contribution in [1.29, 1.82) is 0 Å². The van der Waals surface area contributed by atoms with Gasteiger partial charge in [-0.3, -0.25) is 4.79 Å². The average molecular weight is 279 g/mol. The molecule has 1 aromatic carbocycles. The summed E-state index contributed by atoms with van der Waals surface area (Å²) in [6.07, 6.45) is 2.26. The molecule has 110 valence electrons. The van der Waals surface area contributed by atoms with Crippen LogP contribution in [0.4, 0.5) is 0 Å². The number of carboxylic acid groups (broad SMARTS) is 1. The molecule has 0 saturated heterocycles. The Kier molecular flexibility index (Phi) is 6.56. The minimum Gasteiger partial charge on any atom is -0.494 e. The van der Waals surface area contributed by atoms with Gasteiger partial charge in [-0.05, 0) is 37.1 Å². The van der Waals surface area contributed by atoms with Crippen LogP contribution in [0.5, 0.6) is 5.75 Å². The van der Waals surface area contributed by atoms with Gasteiger partial charge in [-0.15, -0.1) is 0 Å². The van der Waals surface area contributed by atoms with Crippen LogP contribution in [0.25, 0.3) is 0 Å². The van der Waals surface area contributed by atoms with E-state index in [2.05, 4.69) is 0 Å². The van der Waals surface area contributed by atoms with Crippen LogP contribution in [0, 0.1) is 0 Å². The zero-order valence-corrected chi connectivity index (χ0v) is 12.0. The summed E-state index contributed by atoms with van der Waals surface area (Å²) in [5, 5.41) is 8.77. The van der Waals surface area contributed by atoms with Crippen LogP contribution in [-0.2, 0) is 4.79 Å². The number of rotatable bonds is 8. The number of hydrogen-bond acceptors (Lipinski definition) is 3. The first-order valence-corrected chi connectivity index (χ1v) is 6.74. The van der Waals surface area contributed by atoms with Crippen molar-refractivity contribution in [2.75, 3.05) is 20.2 Å². The van der Waals surface area contributed by atoms with Gasteiger partial charge in [0.2, 0.25) is 5.91 Å². The predicted molar refractivity (Wildman–Crippen MR) is 76.1 cm³/mol. The minimum atomic E-state index is -0.944. The molecule has 0 unspecified atom stereocenters. The highest BCUT2D eigenvalue weighted by Gasteiger charge is 2.05. The molecule has 0 aromatic heterocycles.